The van der Waals surface area contributed by atoms with Crippen molar-refractivity contribution in [3.05, 3.63) is 66.4 Å². The fourth-order valence-corrected chi connectivity index (χ4v) is 2.27. The standard InChI is InChI=1S/C17H19N5O/c1-12(13-6-3-2-4-7-13)22-17-15(18)16(20-11-21-17)19-10-14-8-5-9-23-14/h2-9,11-12H,10,18H2,1H3,(H2,19,20,21,22). The van der Waals surface area contributed by atoms with Crippen molar-refractivity contribution in [3.63, 3.8) is 0 Å². The minimum absolute atomic E-state index is 0.0892. The van der Waals surface area contributed by atoms with E-state index in [2.05, 4.69) is 39.7 Å². The highest BCUT2D eigenvalue weighted by atomic mass is 16.3. The third-order valence-corrected chi connectivity index (χ3v) is 3.55. The van der Waals surface area contributed by atoms with Crippen LogP contribution >= 0.6 is 0 Å². The van der Waals surface area contributed by atoms with Crippen LogP contribution in [-0.2, 0) is 6.54 Å². The molecule has 4 N–H and O–H groups in total. The lowest BCUT2D eigenvalue weighted by Crippen LogP contribution is -2.12. The van der Waals surface area contributed by atoms with Crippen LogP contribution in [0.3, 0.4) is 0 Å². The van der Waals surface area contributed by atoms with Crippen LogP contribution in [0.5, 0.6) is 0 Å². The lowest BCUT2D eigenvalue weighted by Gasteiger charge is -2.17. The van der Waals surface area contributed by atoms with Crippen molar-refractivity contribution in [2.45, 2.75) is 19.5 Å². The van der Waals surface area contributed by atoms with Crippen molar-refractivity contribution < 1.29 is 4.42 Å². The van der Waals surface area contributed by atoms with E-state index in [-0.39, 0.29) is 6.04 Å². The predicted molar refractivity (Wildman–Crippen MR) is 91.0 cm³/mol. The lowest BCUT2D eigenvalue weighted by molar-refractivity contribution is 0.518. The maximum absolute atomic E-state index is 6.17. The van der Waals surface area contributed by atoms with Gasteiger partial charge in [0.1, 0.15) is 17.8 Å². The Morgan fingerprint density at radius 3 is 2.61 bits per heavy atom. The molecule has 118 valence electrons. The molecule has 2 aromatic heterocycles. The van der Waals surface area contributed by atoms with Crippen molar-refractivity contribution >= 4 is 17.3 Å². The molecular formula is C17H19N5O. The molecule has 23 heavy (non-hydrogen) atoms. The van der Waals surface area contributed by atoms with Gasteiger partial charge in [-0.25, -0.2) is 9.97 Å². The molecule has 0 spiro atoms. The van der Waals surface area contributed by atoms with E-state index >= 15 is 0 Å². The lowest BCUT2D eigenvalue weighted by atomic mass is 10.1. The first kappa shape index (κ1) is 14.9. The maximum Gasteiger partial charge on any atom is 0.155 e. The Balaban J connectivity index is 1.71. The Morgan fingerprint density at radius 1 is 1.09 bits per heavy atom. The molecule has 0 aliphatic rings. The van der Waals surface area contributed by atoms with Crippen LogP contribution in [-0.4, -0.2) is 9.97 Å². The SMILES string of the molecule is CC(Nc1ncnc(NCc2ccco2)c1N)c1ccccc1. The molecular weight excluding hydrogens is 290 g/mol. The summed E-state index contributed by atoms with van der Waals surface area (Å²) in [6, 6.07) is 13.9. The van der Waals surface area contributed by atoms with Gasteiger partial charge in [0.2, 0.25) is 0 Å². The molecule has 0 bridgehead atoms. The second-order valence-electron chi connectivity index (χ2n) is 5.19. The molecule has 2 heterocycles. The van der Waals surface area contributed by atoms with Gasteiger partial charge in [0.15, 0.2) is 11.6 Å². The molecule has 1 unspecified atom stereocenters. The summed E-state index contributed by atoms with van der Waals surface area (Å²) in [4.78, 5) is 8.43. The first-order chi connectivity index (χ1) is 11.2. The molecule has 3 rings (SSSR count). The van der Waals surface area contributed by atoms with Crippen LogP contribution in [0.15, 0.2) is 59.5 Å². The summed E-state index contributed by atoms with van der Waals surface area (Å²) in [5.74, 6) is 2.01. The third kappa shape index (κ3) is 3.60. The van der Waals surface area contributed by atoms with E-state index in [9.17, 15) is 0 Å². The van der Waals surface area contributed by atoms with E-state index in [4.69, 9.17) is 10.2 Å². The molecule has 0 fully saturated rings. The van der Waals surface area contributed by atoms with E-state index in [0.29, 0.717) is 23.9 Å². The van der Waals surface area contributed by atoms with Crippen molar-refractivity contribution in [2.24, 2.45) is 0 Å². The van der Waals surface area contributed by atoms with E-state index in [0.717, 1.165) is 11.3 Å². The summed E-state index contributed by atoms with van der Waals surface area (Å²) in [6.45, 7) is 2.58. The number of aromatic nitrogens is 2. The largest absolute Gasteiger partial charge is 0.467 e. The summed E-state index contributed by atoms with van der Waals surface area (Å²) in [5.41, 5.74) is 7.82. The number of nitrogens with zero attached hydrogens (tertiary/aromatic N) is 2. The number of benzene rings is 1. The van der Waals surface area contributed by atoms with Gasteiger partial charge in [-0.3, -0.25) is 0 Å². The molecule has 0 saturated carbocycles. The Labute approximate surface area is 134 Å². The quantitative estimate of drug-likeness (QED) is 0.646. The molecule has 0 saturated heterocycles. The second-order valence-corrected chi connectivity index (χ2v) is 5.19. The van der Waals surface area contributed by atoms with Crippen molar-refractivity contribution in [3.8, 4) is 0 Å². The number of nitrogens with two attached hydrogens (primary N) is 1. The highest BCUT2D eigenvalue weighted by Gasteiger charge is 2.12. The molecule has 0 amide bonds. The number of furan rings is 1. The van der Waals surface area contributed by atoms with E-state index in [1.165, 1.54) is 6.33 Å². The highest BCUT2D eigenvalue weighted by molar-refractivity contribution is 5.74. The van der Waals surface area contributed by atoms with Crippen LogP contribution in [0.2, 0.25) is 0 Å². The van der Waals surface area contributed by atoms with Crippen LogP contribution in [0.25, 0.3) is 0 Å². The first-order valence-electron chi connectivity index (χ1n) is 7.42. The summed E-state index contributed by atoms with van der Waals surface area (Å²) in [7, 11) is 0. The van der Waals surface area contributed by atoms with Crippen molar-refractivity contribution in [1.29, 1.82) is 0 Å². The molecule has 0 aliphatic carbocycles. The van der Waals surface area contributed by atoms with Crippen LogP contribution in [0.1, 0.15) is 24.3 Å². The zero-order valence-corrected chi connectivity index (χ0v) is 12.9. The molecule has 0 aliphatic heterocycles. The minimum atomic E-state index is 0.0892. The normalized spacial score (nSPS) is 11.9. The summed E-state index contributed by atoms with van der Waals surface area (Å²) in [5, 5.41) is 6.48. The van der Waals surface area contributed by atoms with Gasteiger partial charge in [0, 0.05) is 0 Å². The predicted octanol–water partition coefficient (Wildman–Crippen LogP) is 3.44. The van der Waals surface area contributed by atoms with Gasteiger partial charge in [-0.1, -0.05) is 30.3 Å². The molecule has 6 nitrogen and oxygen atoms in total. The van der Waals surface area contributed by atoms with Crippen LogP contribution in [0, 0.1) is 0 Å². The van der Waals surface area contributed by atoms with Gasteiger partial charge in [-0.15, -0.1) is 0 Å². The van der Waals surface area contributed by atoms with Gasteiger partial charge < -0.3 is 20.8 Å². The molecule has 6 heteroatoms. The van der Waals surface area contributed by atoms with Gasteiger partial charge in [-0.05, 0) is 24.6 Å². The van der Waals surface area contributed by atoms with Crippen LogP contribution < -0.4 is 16.4 Å². The maximum atomic E-state index is 6.17. The fourth-order valence-electron chi connectivity index (χ4n) is 2.27. The van der Waals surface area contributed by atoms with E-state index in [1.807, 2.05) is 30.3 Å². The molecule has 1 aromatic carbocycles. The summed E-state index contributed by atoms with van der Waals surface area (Å²) in [6.07, 6.45) is 3.12. The fraction of sp³-hybridized carbons (Fsp3) is 0.176. The molecule has 0 radical (unpaired) electrons. The second kappa shape index (κ2) is 6.83. The van der Waals surface area contributed by atoms with E-state index in [1.54, 1.807) is 6.26 Å². The number of anilines is 3. The van der Waals surface area contributed by atoms with Gasteiger partial charge in [0.05, 0.1) is 18.8 Å². The summed E-state index contributed by atoms with van der Waals surface area (Å²) >= 11 is 0. The zero-order valence-electron chi connectivity index (χ0n) is 12.9. The van der Waals surface area contributed by atoms with E-state index < -0.39 is 0 Å². The number of hydrogen-bond acceptors (Lipinski definition) is 6. The topological polar surface area (TPSA) is 89.0 Å². The minimum Gasteiger partial charge on any atom is -0.467 e. The van der Waals surface area contributed by atoms with Gasteiger partial charge >= 0.3 is 0 Å². The first-order valence-corrected chi connectivity index (χ1v) is 7.42. The number of hydrogen-bond donors (Lipinski definition) is 3. The number of nitrogens with one attached hydrogen (secondary N) is 2. The number of nitrogen functional groups attached to an aromatic ring is 1. The third-order valence-electron chi connectivity index (χ3n) is 3.55. The zero-order chi connectivity index (χ0) is 16.1. The Bertz CT molecular complexity index is 743. The van der Waals surface area contributed by atoms with Gasteiger partial charge in [-0.2, -0.15) is 0 Å². The van der Waals surface area contributed by atoms with Crippen LogP contribution in [0.4, 0.5) is 17.3 Å². The van der Waals surface area contributed by atoms with Gasteiger partial charge in [0.25, 0.3) is 0 Å². The Hall–Kier alpha value is -3.02. The molecule has 3 aromatic rings. The molecule has 1 atom stereocenters. The number of rotatable bonds is 6. The van der Waals surface area contributed by atoms with Crippen molar-refractivity contribution in [1.82, 2.24) is 9.97 Å². The highest BCUT2D eigenvalue weighted by Crippen LogP contribution is 2.26. The summed E-state index contributed by atoms with van der Waals surface area (Å²) < 4.78 is 5.29. The monoisotopic (exact) mass is 309 g/mol. The Kier molecular flexibility index (Phi) is 4.42. The average molecular weight is 309 g/mol. The Morgan fingerprint density at radius 2 is 1.87 bits per heavy atom. The average Bonchev–Trinajstić information content (AvgIpc) is 3.10. The smallest absolute Gasteiger partial charge is 0.155 e. The van der Waals surface area contributed by atoms with Crippen molar-refractivity contribution in [2.75, 3.05) is 16.4 Å².